The van der Waals surface area contributed by atoms with Crippen LogP contribution in [0.4, 0.5) is 5.69 Å². The highest BCUT2D eigenvalue weighted by Gasteiger charge is 2.35. The monoisotopic (exact) mass is 312 g/mol. The third kappa shape index (κ3) is 3.80. The molecule has 1 saturated carbocycles. The maximum atomic E-state index is 2.55. The van der Waals surface area contributed by atoms with E-state index in [1.54, 1.807) is 0 Å². The summed E-state index contributed by atoms with van der Waals surface area (Å²) in [6.45, 7) is 11.3. The Morgan fingerprint density at radius 3 is 2.57 bits per heavy atom. The van der Waals surface area contributed by atoms with Crippen LogP contribution in [0.5, 0.6) is 0 Å². The molecule has 0 heterocycles. The molecule has 0 N–H and O–H groups in total. The Balaban J connectivity index is 1.53. The van der Waals surface area contributed by atoms with E-state index in [2.05, 4.69) is 68.0 Å². The van der Waals surface area contributed by atoms with Crippen LogP contribution >= 0.6 is 0 Å². The summed E-state index contributed by atoms with van der Waals surface area (Å²) >= 11 is 0. The van der Waals surface area contributed by atoms with Crippen LogP contribution in [0, 0.1) is 31.6 Å². The molecule has 0 amide bonds. The van der Waals surface area contributed by atoms with Crippen LogP contribution in [0.3, 0.4) is 0 Å². The maximum absolute atomic E-state index is 2.55. The fourth-order valence-electron chi connectivity index (χ4n) is 4.40. The lowest BCUT2D eigenvalue weighted by Gasteiger charge is -2.30. The third-order valence-corrected chi connectivity index (χ3v) is 5.80. The molecule has 2 aliphatic rings. The van der Waals surface area contributed by atoms with Gasteiger partial charge in [0.25, 0.3) is 0 Å². The zero-order valence-corrected chi connectivity index (χ0v) is 15.3. The van der Waals surface area contributed by atoms with Gasteiger partial charge < -0.3 is 9.80 Å². The van der Waals surface area contributed by atoms with Crippen molar-refractivity contribution in [3.8, 4) is 0 Å². The molecule has 23 heavy (non-hydrogen) atoms. The van der Waals surface area contributed by atoms with Crippen LogP contribution in [-0.2, 0) is 0 Å². The van der Waals surface area contributed by atoms with Gasteiger partial charge in [-0.25, -0.2) is 0 Å². The lowest BCUT2D eigenvalue weighted by Crippen LogP contribution is -2.36. The fourth-order valence-corrected chi connectivity index (χ4v) is 4.40. The minimum absolute atomic E-state index is 0.865. The molecule has 2 aliphatic carbocycles. The van der Waals surface area contributed by atoms with E-state index in [9.17, 15) is 0 Å². The molecule has 1 fully saturated rings. The molecule has 3 atom stereocenters. The Morgan fingerprint density at radius 1 is 1.09 bits per heavy atom. The van der Waals surface area contributed by atoms with Gasteiger partial charge in [0.05, 0.1) is 0 Å². The van der Waals surface area contributed by atoms with E-state index in [1.165, 1.54) is 36.2 Å². The van der Waals surface area contributed by atoms with Crippen molar-refractivity contribution in [1.82, 2.24) is 4.90 Å². The number of allylic oxidation sites excluding steroid dienone is 2. The number of hydrogen-bond donors (Lipinski definition) is 0. The summed E-state index contributed by atoms with van der Waals surface area (Å²) in [6.07, 6.45) is 7.75. The van der Waals surface area contributed by atoms with Crippen molar-refractivity contribution in [2.24, 2.45) is 17.8 Å². The van der Waals surface area contributed by atoms with Gasteiger partial charge in [0.15, 0.2) is 0 Å². The number of rotatable bonds is 7. The van der Waals surface area contributed by atoms with Gasteiger partial charge in [-0.1, -0.05) is 24.3 Å². The molecule has 0 aromatic heterocycles. The Hall–Kier alpha value is -1.28. The zero-order chi connectivity index (χ0) is 16.4. The Kier molecular flexibility index (Phi) is 5.11. The molecule has 0 saturated heterocycles. The smallest absolute Gasteiger partial charge is 0.0398 e. The van der Waals surface area contributed by atoms with Crippen molar-refractivity contribution in [1.29, 1.82) is 0 Å². The highest BCUT2D eigenvalue weighted by molar-refractivity contribution is 5.54. The van der Waals surface area contributed by atoms with Crippen molar-refractivity contribution in [2.45, 2.75) is 33.6 Å². The fraction of sp³-hybridized carbons (Fsp3) is 0.619. The summed E-state index contributed by atoms with van der Waals surface area (Å²) in [5.74, 6) is 2.65. The molecule has 0 radical (unpaired) electrons. The molecule has 2 heteroatoms. The summed E-state index contributed by atoms with van der Waals surface area (Å²) < 4.78 is 0. The normalized spacial score (nSPS) is 25.5. The predicted molar refractivity (Wildman–Crippen MR) is 100 cm³/mol. The van der Waals surface area contributed by atoms with Gasteiger partial charge in [-0.15, -0.1) is 0 Å². The van der Waals surface area contributed by atoms with E-state index in [0.29, 0.717) is 0 Å². The molecule has 3 rings (SSSR count). The third-order valence-electron chi connectivity index (χ3n) is 5.80. The van der Waals surface area contributed by atoms with Crippen molar-refractivity contribution in [2.75, 3.05) is 38.1 Å². The first-order chi connectivity index (χ1) is 11.1. The largest absolute Gasteiger partial charge is 0.370 e. The number of benzene rings is 1. The summed E-state index contributed by atoms with van der Waals surface area (Å²) in [6, 6.07) is 6.79. The minimum atomic E-state index is 0.865. The molecule has 1 aromatic carbocycles. The standard InChI is InChI=1S/C21H32N2/c1-5-23(21-12-16(2)6-7-17(21)3)11-10-22(4)15-20-14-18-8-9-19(20)13-18/h6-9,12,18-20H,5,10-11,13-15H2,1-4H3. The lowest BCUT2D eigenvalue weighted by atomic mass is 9.93. The summed E-state index contributed by atoms with van der Waals surface area (Å²) in [4.78, 5) is 5.08. The maximum Gasteiger partial charge on any atom is 0.0398 e. The highest BCUT2D eigenvalue weighted by Crippen LogP contribution is 2.43. The molecule has 0 aliphatic heterocycles. The molecule has 3 unspecified atom stereocenters. The van der Waals surface area contributed by atoms with E-state index in [4.69, 9.17) is 0 Å². The minimum Gasteiger partial charge on any atom is -0.370 e. The van der Waals surface area contributed by atoms with Crippen LogP contribution in [0.1, 0.15) is 30.9 Å². The second-order valence-corrected chi connectivity index (χ2v) is 7.67. The highest BCUT2D eigenvalue weighted by atomic mass is 15.2. The van der Waals surface area contributed by atoms with Gasteiger partial charge in [0, 0.05) is 31.9 Å². The first-order valence-corrected chi connectivity index (χ1v) is 9.26. The van der Waals surface area contributed by atoms with Gasteiger partial charge in [-0.2, -0.15) is 0 Å². The average Bonchev–Trinajstić information content (AvgIpc) is 3.14. The molecule has 2 bridgehead atoms. The lowest BCUT2D eigenvalue weighted by molar-refractivity contribution is 0.258. The van der Waals surface area contributed by atoms with Crippen LogP contribution in [0.25, 0.3) is 0 Å². The summed E-state index contributed by atoms with van der Waals surface area (Å²) in [7, 11) is 2.30. The predicted octanol–water partition coefficient (Wildman–Crippen LogP) is 4.27. The Labute approximate surface area is 142 Å². The van der Waals surface area contributed by atoms with Crippen LogP contribution in [0.15, 0.2) is 30.4 Å². The van der Waals surface area contributed by atoms with E-state index < -0.39 is 0 Å². The number of anilines is 1. The number of fused-ring (bicyclic) bond motifs is 2. The number of hydrogen-bond acceptors (Lipinski definition) is 2. The van der Waals surface area contributed by atoms with E-state index in [-0.39, 0.29) is 0 Å². The van der Waals surface area contributed by atoms with Gasteiger partial charge in [0.2, 0.25) is 0 Å². The SMILES string of the molecule is CCN(CCN(C)CC1CC2C=CC1C2)c1cc(C)ccc1C. The van der Waals surface area contributed by atoms with Crippen LogP contribution < -0.4 is 4.90 Å². The van der Waals surface area contributed by atoms with Crippen LogP contribution in [0.2, 0.25) is 0 Å². The Bertz CT molecular complexity index is 563. The quantitative estimate of drug-likeness (QED) is 0.694. The second kappa shape index (κ2) is 7.09. The van der Waals surface area contributed by atoms with Crippen LogP contribution in [-0.4, -0.2) is 38.1 Å². The molecule has 1 aromatic rings. The second-order valence-electron chi connectivity index (χ2n) is 7.67. The Morgan fingerprint density at radius 2 is 1.91 bits per heavy atom. The van der Waals surface area contributed by atoms with Crippen molar-refractivity contribution < 1.29 is 0 Å². The number of nitrogens with zero attached hydrogens (tertiary/aromatic N) is 2. The molecule has 0 spiro atoms. The zero-order valence-electron chi connectivity index (χ0n) is 15.3. The van der Waals surface area contributed by atoms with E-state index >= 15 is 0 Å². The first-order valence-electron chi connectivity index (χ1n) is 9.26. The molecular weight excluding hydrogens is 280 g/mol. The van der Waals surface area contributed by atoms with Crippen molar-refractivity contribution in [3.63, 3.8) is 0 Å². The number of likely N-dealkylation sites (N-methyl/N-ethyl adjacent to an activating group) is 2. The molecular formula is C21H32N2. The van der Waals surface area contributed by atoms with Crippen molar-refractivity contribution >= 4 is 5.69 Å². The summed E-state index contributed by atoms with van der Waals surface area (Å²) in [5, 5.41) is 0. The van der Waals surface area contributed by atoms with E-state index in [1.807, 2.05) is 0 Å². The average molecular weight is 313 g/mol. The van der Waals surface area contributed by atoms with Gasteiger partial charge in [-0.05, 0) is 75.6 Å². The molecule has 126 valence electrons. The number of aryl methyl sites for hydroxylation is 2. The topological polar surface area (TPSA) is 6.48 Å². The van der Waals surface area contributed by atoms with Crippen molar-refractivity contribution in [3.05, 3.63) is 41.5 Å². The van der Waals surface area contributed by atoms with Gasteiger partial charge in [-0.3, -0.25) is 0 Å². The summed E-state index contributed by atoms with van der Waals surface area (Å²) in [5.41, 5.74) is 4.15. The van der Waals surface area contributed by atoms with E-state index in [0.717, 1.165) is 37.4 Å². The molecule has 2 nitrogen and oxygen atoms in total. The first kappa shape index (κ1) is 16.6. The van der Waals surface area contributed by atoms with Gasteiger partial charge >= 0.3 is 0 Å². The van der Waals surface area contributed by atoms with Gasteiger partial charge in [0.1, 0.15) is 0 Å².